The number of aryl methyl sites for hydroxylation is 1. The van der Waals surface area contributed by atoms with Crippen molar-refractivity contribution in [2.24, 2.45) is 0 Å². The summed E-state index contributed by atoms with van der Waals surface area (Å²) in [4.78, 5) is 0. The summed E-state index contributed by atoms with van der Waals surface area (Å²) in [6, 6.07) is 4.13. The Morgan fingerprint density at radius 3 is 2.21 bits per heavy atom. The van der Waals surface area contributed by atoms with Crippen LogP contribution in [0.2, 0.25) is 0 Å². The maximum atomic E-state index is 6.02. The molecule has 0 aliphatic heterocycles. The second-order valence-corrected chi connectivity index (χ2v) is 4.49. The molecule has 14 heavy (non-hydrogen) atoms. The third-order valence-electron chi connectivity index (χ3n) is 3.12. The van der Waals surface area contributed by atoms with Gasteiger partial charge in [-0.2, -0.15) is 0 Å². The Morgan fingerprint density at radius 2 is 1.71 bits per heavy atom. The Balaban J connectivity index is 3.31. The van der Waals surface area contributed by atoms with Gasteiger partial charge in [0.15, 0.2) is 0 Å². The van der Waals surface area contributed by atoms with Gasteiger partial charge in [-0.05, 0) is 29.9 Å². The highest BCUT2D eigenvalue weighted by Crippen LogP contribution is 2.35. The van der Waals surface area contributed by atoms with Crippen molar-refractivity contribution >= 4 is 11.4 Å². The maximum Gasteiger partial charge on any atom is 0.0588 e. The monoisotopic (exact) mass is 192 g/mol. The minimum Gasteiger partial charge on any atom is -0.397 e. The molecule has 1 rings (SSSR count). The highest BCUT2D eigenvalue weighted by molar-refractivity contribution is 5.72. The average molecular weight is 192 g/mol. The second kappa shape index (κ2) is 3.52. The first-order valence-electron chi connectivity index (χ1n) is 5.05. The first kappa shape index (κ1) is 10.9. The Hall–Kier alpha value is -1.18. The zero-order valence-corrected chi connectivity index (χ0v) is 9.52. The summed E-state index contributed by atoms with van der Waals surface area (Å²) in [5.41, 5.74) is 15.7. The van der Waals surface area contributed by atoms with Crippen LogP contribution >= 0.6 is 0 Å². The molecular formula is C12H20N2. The van der Waals surface area contributed by atoms with E-state index < -0.39 is 0 Å². The molecule has 0 heterocycles. The van der Waals surface area contributed by atoms with Crippen LogP contribution in [0.5, 0.6) is 0 Å². The van der Waals surface area contributed by atoms with Crippen molar-refractivity contribution in [1.29, 1.82) is 0 Å². The lowest BCUT2D eigenvalue weighted by molar-refractivity contribution is 0.508. The van der Waals surface area contributed by atoms with Crippen molar-refractivity contribution in [1.82, 2.24) is 0 Å². The smallest absolute Gasteiger partial charge is 0.0588 e. The molecule has 1 aromatic carbocycles. The van der Waals surface area contributed by atoms with E-state index in [1.54, 1.807) is 0 Å². The van der Waals surface area contributed by atoms with Crippen LogP contribution in [0.25, 0.3) is 0 Å². The molecule has 0 aromatic heterocycles. The number of hydrogen-bond acceptors (Lipinski definition) is 2. The molecule has 0 atom stereocenters. The van der Waals surface area contributed by atoms with Crippen molar-refractivity contribution in [3.05, 3.63) is 23.3 Å². The molecule has 2 nitrogen and oxygen atoms in total. The standard InChI is InChI=1S/C12H20N2/c1-5-12(3,4)9-7-6-8(2)10(13)11(9)14/h6-7H,5,13-14H2,1-4H3. The zero-order valence-electron chi connectivity index (χ0n) is 9.52. The third kappa shape index (κ3) is 1.69. The molecule has 1 aromatic rings. The zero-order chi connectivity index (χ0) is 10.9. The van der Waals surface area contributed by atoms with E-state index in [1.165, 1.54) is 0 Å². The summed E-state index contributed by atoms with van der Waals surface area (Å²) < 4.78 is 0. The van der Waals surface area contributed by atoms with Gasteiger partial charge in [0, 0.05) is 0 Å². The quantitative estimate of drug-likeness (QED) is 0.708. The summed E-state index contributed by atoms with van der Waals surface area (Å²) >= 11 is 0. The molecule has 0 unspecified atom stereocenters. The minimum atomic E-state index is 0.103. The summed E-state index contributed by atoms with van der Waals surface area (Å²) in [5.74, 6) is 0. The number of rotatable bonds is 2. The van der Waals surface area contributed by atoms with Gasteiger partial charge in [-0.3, -0.25) is 0 Å². The van der Waals surface area contributed by atoms with Crippen LogP contribution in [0.4, 0.5) is 11.4 Å². The molecule has 0 saturated heterocycles. The minimum absolute atomic E-state index is 0.103. The predicted octanol–water partition coefficient (Wildman–Crippen LogP) is 2.85. The van der Waals surface area contributed by atoms with Crippen molar-refractivity contribution in [3.8, 4) is 0 Å². The van der Waals surface area contributed by atoms with Crippen LogP contribution in [0.1, 0.15) is 38.3 Å². The predicted molar refractivity (Wildman–Crippen MR) is 63.3 cm³/mol. The van der Waals surface area contributed by atoms with E-state index in [0.717, 1.165) is 28.9 Å². The molecule has 0 bridgehead atoms. The molecular weight excluding hydrogens is 172 g/mol. The maximum absolute atomic E-state index is 6.02. The van der Waals surface area contributed by atoms with Crippen molar-refractivity contribution in [3.63, 3.8) is 0 Å². The fourth-order valence-electron chi connectivity index (χ4n) is 1.53. The Bertz CT molecular complexity index is 340. The third-order valence-corrected chi connectivity index (χ3v) is 3.12. The van der Waals surface area contributed by atoms with Gasteiger partial charge in [-0.15, -0.1) is 0 Å². The second-order valence-electron chi connectivity index (χ2n) is 4.49. The van der Waals surface area contributed by atoms with Gasteiger partial charge in [0.2, 0.25) is 0 Å². The number of nitrogen functional groups attached to an aromatic ring is 2. The average Bonchev–Trinajstić information content (AvgIpc) is 2.14. The number of benzene rings is 1. The van der Waals surface area contributed by atoms with E-state index in [4.69, 9.17) is 11.5 Å². The Labute approximate surface area is 86.3 Å². The largest absolute Gasteiger partial charge is 0.397 e. The summed E-state index contributed by atoms with van der Waals surface area (Å²) in [5, 5.41) is 0. The van der Waals surface area contributed by atoms with Gasteiger partial charge in [0.25, 0.3) is 0 Å². The molecule has 78 valence electrons. The number of hydrogen-bond donors (Lipinski definition) is 2. The molecule has 4 N–H and O–H groups in total. The van der Waals surface area contributed by atoms with Gasteiger partial charge in [-0.25, -0.2) is 0 Å². The fraction of sp³-hybridized carbons (Fsp3) is 0.500. The molecule has 0 amide bonds. The van der Waals surface area contributed by atoms with Crippen LogP contribution in [0.3, 0.4) is 0 Å². The number of anilines is 2. The van der Waals surface area contributed by atoms with Crippen molar-refractivity contribution in [2.45, 2.75) is 39.5 Å². The van der Waals surface area contributed by atoms with E-state index >= 15 is 0 Å². The van der Waals surface area contributed by atoms with E-state index in [9.17, 15) is 0 Å². The Kier molecular flexibility index (Phi) is 2.74. The van der Waals surface area contributed by atoms with E-state index in [2.05, 4.69) is 26.8 Å². The van der Waals surface area contributed by atoms with Gasteiger partial charge in [0.05, 0.1) is 11.4 Å². The van der Waals surface area contributed by atoms with E-state index in [-0.39, 0.29) is 5.41 Å². The normalized spacial score (nSPS) is 11.7. The highest BCUT2D eigenvalue weighted by Gasteiger charge is 2.21. The number of nitrogens with two attached hydrogens (primary N) is 2. The molecule has 0 spiro atoms. The summed E-state index contributed by atoms with van der Waals surface area (Å²) in [6.07, 6.45) is 1.06. The lowest BCUT2D eigenvalue weighted by Gasteiger charge is -2.26. The van der Waals surface area contributed by atoms with Crippen LogP contribution in [0, 0.1) is 6.92 Å². The van der Waals surface area contributed by atoms with Crippen LogP contribution in [-0.2, 0) is 5.41 Å². The van der Waals surface area contributed by atoms with E-state index in [0.29, 0.717) is 0 Å². The van der Waals surface area contributed by atoms with Crippen molar-refractivity contribution < 1.29 is 0 Å². The SMILES string of the molecule is CCC(C)(C)c1ccc(C)c(N)c1N. The first-order chi connectivity index (χ1) is 6.40. The molecule has 0 radical (unpaired) electrons. The highest BCUT2D eigenvalue weighted by atomic mass is 14.7. The molecule has 2 heteroatoms. The van der Waals surface area contributed by atoms with E-state index in [1.807, 2.05) is 13.0 Å². The van der Waals surface area contributed by atoms with Crippen LogP contribution in [-0.4, -0.2) is 0 Å². The summed E-state index contributed by atoms with van der Waals surface area (Å²) in [7, 11) is 0. The molecule has 0 saturated carbocycles. The van der Waals surface area contributed by atoms with Gasteiger partial charge >= 0.3 is 0 Å². The van der Waals surface area contributed by atoms with Gasteiger partial charge in [0.1, 0.15) is 0 Å². The van der Waals surface area contributed by atoms with Crippen LogP contribution < -0.4 is 11.5 Å². The molecule has 0 fully saturated rings. The topological polar surface area (TPSA) is 52.0 Å². The first-order valence-corrected chi connectivity index (χ1v) is 5.05. The van der Waals surface area contributed by atoms with Gasteiger partial charge in [-0.1, -0.05) is 32.9 Å². The van der Waals surface area contributed by atoms with Crippen molar-refractivity contribution in [2.75, 3.05) is 11.5 Å². The Morgan fingerprint density at radius 1 is 1.14 bits per heavy atom. The lowest BCUT2D eigenvalue weighted by atomic mass is 9.80. The summed E-state index contributed by atoms with van der Waals surface area (Å²) in [6.45, 7) is 8.52. The lowest BCUT2D eigenvalue weighted by Crippen LogP contribution is -2.18. The fourth-order valence-corrected chi connectivity index (χ4v) is 1.53. The van der Waals surface area contributed by atoms with Gasteiger partial charge < -0.3 is 11.5 Å². The molecule has 0 aliphatic rings. The van der Waals surface area contributed by atoms with Crippen LogP contribution in [0.15, 0.2) is 12.1 Å². The molecule has 0 aliphatic carbocycles.